The first-order valence-corrected chi connectivity index (χ1v) is 11.7. The summed E-state index contributed by atoms with van der Waals surface area (Å²) in [4.78, 5) is 23.1. The summed E-state index contributed by atoms with van der Waals surface area (Å²) < 4.78 is 20.4. The van der Waals surface area contributed by atoms with Gasteiger partial charge < -0.3 is 19.9 Å². The second-order valence-electron chi connectivity index (χ2n) is 7.81. The lowest BCUT2D eigenvalue weighted by atomic mass is 10.2. The number of amides is 1. The summed E-state index contributed by atoms with van der Waals surface area (Å²) in [5.41, 5.74) is 1.68. The van der Waals surface area contributed by atoms with E-state index in [1.807, 2.05) is 11.0 Å². The topological polar surface area (TPSA) is 60.9 Å². The van der Waals surface area contributed by atoms with Crippen LogP contribution in [0.25, 0.3) is 0 Å². The molecule has 2 saturated heterocycles. The van der Waals surface area contributed by atoms with Gasteiger partial charge in [0.15, 0.2) is 0 Å². The van der Waals surface area contributed by atoms with Gasteiger partial charge in [-0.15, -0.1) is 0 Å². The van der Waals surface area contributed by atoms with Crippen LogP contribution in [0.3, 0.4) is 0 Å². The molecule has 2 aromatic rings. The van der Waals surface area contributed by atoms with E-state index in [1.165, 1.54) is 11.0 Å². The van der Waals surface area contributed by atoms with Crippen LogP contribution in [0.2, 0.25) is 5.15 Å². The molecule has 174 valence electrons. The quantitative estimate of drug-likeness (QED) is 0.486. The van der Waals surface area contributed by atoms with Crippen LogP contribution in [0.4, 0.5) is 20.6 Å². The Bertz CT molecular complexity index is 1080. The van der Waals surface area contributed by atoms with Crippen molar-refractivity contribution in [3.63, 3.8) is 0 Å². The minimum absolute atomic E-state index is 0.334. The molecule has 1 atom stereocenters. The normalized spacial score (nSPS) is 18.3. The van der Waals surface area contributed by atoms with Crippen molar-refractivity contribution in [2.75, 3.05) is 49.1 Å². The first-order chi connectivity index (χ1) is 15.8. The van der Waals surface area contributed by atoms with E-state index in [1.54, 1.807) is 31.3 Å². The monoisotopic (exact) mass is 507 g/mol. The summed E-state index contributed by atoms with van der Waals surface area (Å²) >= 11 is 16.8. The highest BCUT2D eigenvalue weighted by atomic mass is 35.5. The number of nitrogens with zero attached hydrogens (tertiary/aromatic N) is 4. The Labute approximate surface area is 207 Å². The molecule has 0 radical (unpaired) electrons. The molecule has 0 unspecified atom stereocenters. The molecule has 33 heavy (non-hydrogen) atoms. The van der Waals surface area contributed by atoms with Crippen molar-refractivity contribution >= 4 is 63.5 Å². The minimum atomic E-state index is -0.493. The number of benzene rings is 1. The highest BCUT2D eigenvalue weighted by molar-refractivity contribution is 7.80. The number of piperazine rings is 1. The fourth-order valence-corrected chi connectivity index (χ4v) is 4.58. The molecule has 2 aliphatic heterocycles. The van der Waals surface area contributed by atoms with Crippen molar-refractivity contribution in [2.45, 2.75) is 13.0 Å². The van der Waals surface area contributed by atoms with Crippen LogP contribution in [0.1, 0.15) is 12.5 Å². The molecule has 1 amide bonds. The average Bonchev–Trinajstić information content (AvgIpc) is 3.18. The zero-order chi connectivity index (χ0) is 23.5. The predicted molar refractivity (Wildman–Crippen MR) is 135 cm³/mol. The van der Waals surface area contributed by atoms with Crippen molar-refractivity contribution in [3.05, 3.63) is 53.1 Å². The van der Waals surface area contributed by atoms with Crippen LogP contribution in [-0.2, 0) is 4.74 Å². The number of nitrogens with one attached hydrogen (secondary N) is 1. The highest BCUT2D eigenvalue weighted by Crippen LogP contribution is 2.29. The van der Waals surface area contributed by atoms with Gasteiger partial charge in [-0.2, -0.15) is 0 Å². The Kier molecular flexibility index (Phi) is 7.26. The fourth-order valence-electron chi connectivity index (χ4n) is 3.88. The number of carbonyl (C=O) groups excluding carboxylic acids is 1. The standard InChI is InChI=1S/C22H23ClFN5O2S2/c1-14(32)26-12-16-13-29(22(30)31-16)15-4-5-19(18(24)11-15)27-7-9-28(10-8-27)21(33)17-3-2-6-25-20(17)23/h2-6,11,16H,7-10,12-13H2,1H3,(H,26,32)/t16-/m0/s1. The average molecular weight is 508 g/mol. The van der Waals surface area contributed by atoms with Gasteiger partial charge in [-0.3, -0.25) is 4.90 Å². The van der Waals surface area contributed by atoms with Crippen molar-refractivity contribution in [1.29, 1.82) is 0 Å². The summed E-state index contributed by atoms with van der Waals surface area (Å²) in [5.74, 6) is -0.386. The third kappa shape index (κ3) is 5.34. The zero-order valence-corrected chi connectivity index (χ0v) is 20.4. The molecule has 7 nitrogen and oxygen atoms in total. The van der Waals surface area contributed by atoms with Gasteiger partial charge in [0, 0.05) is 37.9 Å². The molecule has 0 bridgehead atoms. The number of hydrogen-bond donors (Lipinski definition) is 1. The maximum absolute atomic E-state index is 15.0. The van der Waals surface area contributed by atoms with Crippen molar-refractivity contribution in [3.8, 4) is 0 Å². The number of halogens is 2. The lowest BCUT2D eigenvalue weighted by Crippen LogP contribution is -2.48. The molecular formula is C22H23ClFN5O2S2. The number of rotatable bonds is 5. The number of hydrogen-bond acceptors (Lipinski definition) is 6. The van der Waals surface area contributed by atoms with E-state index < -0.39 is 6.09 Å². The van der Waals surface area contributed by atoms with Crippen LogP contribution in [0, 0.1) is 5.82 Å². The van der Waals surface area contributed by atoms with Crippen LogP contribution < -0.4 is 15.1 Å². The Morgan fingerprint density at radius 3 is 2.70 bits per heavy atom. The molecule has 11 heteroatoms. The van der Waals surface area contributed by atoms with E-state index in [0.29, 0.717) is 65.8 Å². The lowest BCUT2D eigenvalue weighted by Gasteiger charge is -2.37. The largest absolute Gasteiger partial charge is 0.442 e. The molecule has 4 rings (SSSR count). The number of ether oxygens (including phenoxy) is 1. The first kappa shape index (κ1) is 23.6. The maximum atomic E-state index is 15.0. The van der Waals surface area contributed by atoms with Gasteiger partial charge in [-0.05, 0) is 37.3 Å². The van der Waals surface area contributed by atoms with E-state index >= 15 is 4.39 Å². The lowest BCUT2D eigenvalue weighted by molar-refractivity contribution is 0.143. The summed E-state index contributed by atoms with van der Waals surface area (Å²) in [6, 6.07) is 8.48. The summed E-state index contributed by atoms with van der Waals surface area (Å²) in [7, 11) is 0. The maximum Gasteiger partial charge on any atom is 0.414 e. The van der Waals surface area contributed by atoms with E-state index in [4.69, 9.17) is 40.8 Å². The fraction of sp³-hybridized carbons (Fsp3) is 0.364. The second-order valence-corrected chi connectivity index (χ2v) is 9.17. The number of thiocarbonyl (C=S) groups is 2. The van der Waals surface area contributed by atoms with Crippen LogP contribution in [-0.4, -0.2) is 71.3 Å². The summed E-state index contributed by atoms with van der Waals surface area (Å²) in [6.07, 6.45) is 0.786. The van der Waals surface area contributed by atoms with E-state index in [2.05, 4.69) is 15.2 Å². The summed E-state index contributed by atoms with van der Waals surface area (Å²) in [5, 5.41) is 3.37. The van der Waals surface area contributed by atoms with Gasteiger partial charge in [-0.25, -0.2) is 14.2 Å². The molecule has 3 heterocycles. The molecule has 1 aromatic carbocycles. The van der Waals surface area contributed by atoms with E-state index in [-0.39, 0.29) is 11.9 Å². The smallest absolute Gasteiger partial charge is 0.414 e. The van der Waals surface area contributed by atoms with Gasteiger partial charge >= 0.3 is 6.09 Å². The molecule has 0 aliphatic carbocycles. The van der Waals surface area contributed by atoms with Crippen LogP contribution in [0.5, 0.6) is 0 Å². The third-order valence-electron chi connectivity index (χ3n) is 5.59. The van der Waals surface area contributed by atoms with Crippen molar-refractivity contribution in [2.24, 2.45) is 0 Å². The number of carbonyl (C=O) groups is 1. The zero-order valence-electron chi connectivity index (χ0n) is 18.0. The van der Waals surface area contributed by atoms with E-state index in [0.717, 1.165) is 5.56 Å². The van der Waals surface area contributed by atoms with Crippen LogP contribution in [0.15, 0.2) is 36.5 Å². The SMILES string of the molecule is CC(=S)NC[C@H]1CN(c2ccc(N3CCN(C(=S)c4cccnc4Cl)CC3)c(F)c2)C(=O)O1. The van der Waals surface area contributed by atoms with E-state index in [9.17, 15) is 4.79 Å². The Morgan fingerprint density at radius 1 is 1.27 bits per heavy atom. The van der Waals surface area contributed by atoms with Crippen molar-refractivity contribution in [1.82, 2.24) is 15.2 Å². The minimum Gasteiger partial charge on any atom is -0.442 e. The molecule has 1 aromatic heterocycles. The number of cyclic esters (lactones) is 1. The van der Waals surface area contributed by atoms with Gasteiger partial charge in [0.25, 0.3) is 0 Å². The summed E-state index contributed by atoms with van der Waals surface area (Å²) in [6.45, 7) is 5.00. The molecule has 1 N–H and O–H groups in total. The number of anilines is 2. The van der Waals surface area contributed by atoms with Crippen LogP contribution >= 0.6 is 36.0 Å². The Balaban J connectivity index is 1.38. The molecule has 2 fully saturated rings. The molecular weight excluding hydrogens is 485 g/mol. The molecule has 0 saturated carbocycles. The van der Waals surface area contributed by atoms with Gasteiger partial charge in [0.1, 0.15) is 22.1 Å². The highest BCUT2D eigenvalue weighted by Gasteiger charge is 2.33. The predicted octanol–water partition coefficient (Wildman–Crippen LogP) is 3.63. The second kappa shape index (κ2) is 10.1. The van der Waals surface area contributed by atoms with Gasteiger partial charge in [0.2, 0.25) is 0 Å². The third-order valence-corrected chi connectivity index (χ3v) is 6.52. The van der Waals surface area contributed by atoms with Gasteiger partial charge in [-0.1, -0.05) is 36.0 Å². The molecule has 0 spiro atoms. The Hall–Kier alpha value is -2.56. The number of aromatic nitrogens is 1. The van der Waals surface area contributed by atoms with Crippen molar-refractivity contribution < 1.29 is 13.9 Å². The Morgan fingerprint density at radius 2 is 2.03 bits per heavy atom. The van der Waals surface area contributed by atoms with Gasteiger partial charge in [0.05, 0.1) is 29.5 Å². The number of pyridine rings is 1. The molecule has 2 aliphatic rings. The first-order valence-electron chi connectivity index (χ1n) is 10.5.